The first-order valence-electron chi connectivity index (χ1n) is 9.68. The van der Waals surface area contributed by atoms with Crippen molar-refractivity contribution in [1.29, 1.82) is 0 Å². The van der Waals surface area contributed by atoms with Gasteiger partial charge in [0.2, 0.25) is 12.7 Å². The lowest BCUT2D eigenvalue weighted by atomic mass is 9.74. The molecule has 0 atom stereocenters. The average molecular weight is 362 g/mol. The fourth-order valence-corrected chi connectivity index (χ4v) is 3.70. The predicted octanol–water partition coefficient (Wildman–Crippen LogP) is 2.49. The van der Waals surface area contributed by atoms with Gasteiger partial charge in [0.25, 0.3) is 0 Å². The first-order chi connectivity index (χ1) is 12.7. The molecular formula is C20H30N2O4. The Labute approximate surface area is 155 Å². The topological polar surface area (TPSA) is 82.8 Å². The molecule has 1 aromatic rings. The van der Waals surface area contributed by atoms with E-state index in [2.05, 4.69) is 17.4 Å². The van der Waals surface area contributed by atoms with Gasteiger partial charge in [-0.05, 0) is 49.9 Å². The molecule has 3 N–H and O–H groups in total. The number of nitrogens with one attached hydrogen (secondary N) is 1. The van der Waals surface area contributed by atoms with Crippen LogP contribution in [-0.4, -0.2) is 39.0 Å². The summed E-state index contributed by atoms with van der Waals surface area (Å²) in [6.45, 7) is 3.06. The van der Waals surface area contributed by atoms with E-state index in [9.17, 15) is 4.79 Å². The second-order valence-electron chi connectivity index (χ2n) is 7.19. The van der Waals surface area contributed by atoms with Crippen LogP contribution in [0.1, 0.15) is 50.5 Å². The molecule has 144 valence electrons. The van der Waals surface area contributed by atoms with Crippen molar-refractivity contribution in [3.8, 4) is 11.5 Å². The molecule has 6 nitrogen and oxygen atoms in total. The van der Waals surface area contributed by atoms with Crippen molar-refractivity contribution in [2.45, 2.75) is 50.4 Å². The molecule has 0 radical (unpaired) electrons. The van der Waals surface area contributed by atoms with Gasteiger partial charge in [-0.1, -0.05) is 18.9 Å². The predicted molar refractivity (Wildman–Crippen MR) is 99.4 cm³/mol. The van der Waals surface area contributed by atoms with Crippen LogP contribution in [0.4, 0.5) is 0 Å². The minimum atomic E-state index is -0.103. The van der Waals surface area contributed by atoms with E-state index in [1.807, 2.05) is 6.07 Å². The second kappa shape index (κ2) is 9.24. The zero-order valence-corrected chi connectivity index (χ0v) is 15.4. The molecule has 2 aliphatic heterocycles. The third kappa shape index (κ3) is 4.68. The zero-order valence-electron chi connectivity index (χ0n) is 15.4. The first-order valence-corrected chi connectivity index (χ1v) is 9.68. The molecule has 0 spiro atoms. The molecule has 2 heterocycles. The number of hydrogen-bond donors (Lipinski definition) is 2. The first kappa shape index (κ1) is 19.0. The van der Waals surface area contributed by atoms with Crippen LogP contribution >= 0.6 is 0 Å². The number of carbonyl (C=O) groups excluding carboxylic acids is 1. The Balaban J connectivity index is 1.58. The number of carbonyl (C=O) groups is 1. The second-order valence-corrected chi connectivity index (χ2v) is 7.19. The molecule has 1 fully saturated rings. The summed E-state index contributed by atoms with van der Waals surface area (Å²) >= 11 is 0. The maximum atomic E-state index is 12.3. The monoisotopic (exact) mass is 362 g/mol. The van der Waals surface area contributed by atoms with Crippen molar-refractivity contribution >= 4 is 5.91 Å². The third-order valence-corrected chi connectivity index (χ3v) is 5.42. The Morgan fingerprint density at radius 2 is 1.85 bits per heavy atom. The van der Waals surface area contributed by atoms with Gasteiger partial charge in [0, 0.05) is 31.6 Å². The number of hydrogen-bond acceptors (Lipinski definition) is 5. The zero-order chi connectivity index (χ0) is 18.2. The molecule has 1 aromatic carbocycles. The van der Waals surface area contributed by atoms with Gasteiger partial charge in [-0.25, -0.2) is 0 Å². The molecular weight excluding hydrogens is 332 g/mol. The van der Waals surface area contributed by atoms with Gasteiger partial charge < -0.3 is 25.3 Å². The Morgan fingerprint density at radius 3 is 2.65 bits per heavy atom. The Kier molecular flexibility index (Phi) is 6.74. The minimum Gasteiger partial charge on any atom is -0.454 e. The molecule has 26 heavy (non-hydrogen) atoms. The summed E-state index contributed by atoms with van der Waals surface area (Å²) in [4.78, 5) is 12.3. The normalized spacial score (nSPS) is 17.9. The van der Waals surface area contributed by atoms with E-state index in [0.717, 1.165) is 56.6 Å². The van der Waals surface area contributed by atoms with E-state index in [-0.39, 0.29) is 18.1 Å². The van der Waals surface area contributed by atoms with Crippen molar-refractivity contribution in [2.24, 2.45) is 5.73 Å². The fraction of sp³-hybridized carbons (Fsp3) is 0.650. The highest BCUT2D eigenvalue weighted by Gasteiger charge is 2.36. The summed E-state index contributed by atoms with van der Waals surface area (Å²) in [7, 11) is 0. The third-order valence-electron chi connectivity index (χ3n) is 5.42. The molecule has 3 rings (SSSR count). The highest BCUT2D eigenvalue weighted by atomic mass is 16.7. The standard InChI is InChI=1S/C20H30N2O4/c21-10-4-2-1-3-5-19(23)22-14-20(8-11-24-12-9-20)16-6-7-17-18(13-16)26-15-25-17/h6-7,13H,1-5,8-12,14-15,21H2,(H,22,23). The van der Waals surface area contributed by atoms with Crippen LogP contribution in [0.15, 0.2) is 18.2 Å². The molecule has 1 saturated heterocycles. The number of fused-ring (bicyclic) bond motifs is 1. The number of unbranched alkanes of at least 4 members (excludes halogenated alkanes) is 3. The van der Waals surface area contributed by atoms with Crippen molar-refractivity contribution in [3.05, 3.63) is 23.8 Å². The SMILES string of the molecule is NCCCCCCC(=O)NCC1(c2ccc3c(c2)OCO3)CCOCC1. The van der Waals surface area contributed by atoms with E-state index in [4.69, 9.17) is 19.9 Å². The van der Waals surface area contributed by atoms with E-state index in [1.165, 1.54) is 5.56 Å². The highest BCUT2D eigenvalue weighted by molar-refractivity contribution is 5.76. The van der Waals surface area contributed by atoms with E-state index in [0.29, 0.717) is 26.2 Å². The van der Waals surface area contributed by atoms with Gasteiger partial charge in [0.05, 0.1) is 0 Å². The van der Waals surface area contributed by atoms with Crippen molar-refractivity contribution < 1.29 is 19.0 Å². The number of rotatable bonds is 9. The number of benzene rings is 1. The number of amides is 1. The Bertz CT molecular complexity index is 599. The van der Waals surface area contributed by atoms with Crippen LogP contribution in [0.5, 0.6) is 11.5 Å². The lowest BCUT2D eigenvalue weighted by Gasteiger charge is -2.38. The number of nitrogens with two attached hydrogens (primary N) is 1. The van der Waals surface area contributed by atoms with Gasteiger partial charge in [0.15, 0.2) is 11.5 Å². The summed E-state index contributed by atoms with van der Waals surface area (Å²) < 4.78 is 16.5. The average Bonchev–Trinajstić information content (AvgIpc) is 3.15. The summed E-state index contributed by atoms with van der Waals surface area (Å²) in [5, 5.41) is 3.16. The molecule has 0 aliphatic carbocycles. The van der Waals surface area contributed by atoms with Gasteiger partial charge in [0.1, 0.15) is 0 Å². The molecule has 0 aromatic heterocycles. The van der Waals surface area contributed by atoms with E-state index >= 15 is 0 Å². The van der Waals surface area contributed by atoms with E-state index < -0.39 is 0 Å². The smallest absolute Gasteiger partial charge is 0.231 e. The molecule has 0 unspecified atom stereocenters. The van der Waals surface area contributed by atoms with Gasteiger partial charge >= 0.3 is 0 Å². The van der Waals surface area contributed by atoms with Crippen LogP contribution in [0.3, 0.4) is 0 Å². The van der Waals surface area contributed by atoms with Crippen LogP contribution < -0.4 is 20.5 Å². The van der Waals surface area contributed by atoms with Crippen LogP contribution in [-0.2, 0) is 14.9 Å². The molecule has 0 bridgehead atoms. The fourth-order valence-electron chi connectivity index (χ4n) is 3.70. The quantitative estimate of drug-likeness (QED) is 0.660. The van der Waals surface area contributed by atoms with Gasteiger partial charge in [-0.3, -0.25) is 4.79 Å². The van der Waals surface area contributed by atoms with E-state index in [1.54, 1.807) is 0 Å². The minimum absolute atomic E-state index is 0.103. The summed E-state index contributed by atoms with van der Waals surface area (Å²) in [6, 6.07) is 6.12. The van der Waals surface area contributed by atoms with Crippen molar-refractivity contribution in [1.82, 2.24) is 5.32 Å². The molecule has 0 saturated carbocycles. The van der Waals surface area contributed by atoms with Gasteiger partial charge in [-0.15, -0.1) is 0 Å². The molecule has 6 heteroatoms. The Hall–Kier alpha value is -1.79. The van der Waals surface area contributed by atoms with Crippen LogP contribution in [0.25, 0.3) is 0 Å². The summed E-state index contributed by atoms with van der Waals surface area (Å²) in [5.74, 6) is 1.71. The molecule has 2 aliphatic rings. The number of ether oxygens (including phenoxy) is 3. The molecule has 1 amide bonds. The summed E-state index contributed by atoms with van der Waals surface area (Å²) in [5.41, 5.74) is 6.58. The van der Waals surface area contributed by atoms with Crippen molar-refractivity contribution in [2.75, 3.05) is 33.1 Å². The van der Waals surface area contributed by atoms with Crippen LogP contribution in [0, 0.1) is 0 Å². The lowest BCUT2D eigenvalue weighted by Crippen LogP contribution is -2.44. The van der Waals surface area contributed by atoms with Gasteiger partial charge in [-0.2, -0.15) is 0 Å². The van der Waals surface area contributed by atoms with Crippen LogP contribution in [0.2, 0.25) is 0 Å². The highest BCUT2D eigenvalue weighted by Crippen LogP contribution is 2.40. The summed E-state index contributed by atoms with van der Waals surface area (Å²) in [6.07, 6.45) is 6.49. The largest absolute Gasteiger partial charge is 0.454 e. The maximum Gasteiger partial charge on any atom is 0.231 e. The van der Waals surface area contributed by atoms with Crippen molar-refractivity contribution in [3.63, 3.8) is 0 Å². The Morgan fingerprint density at radius 1 is 1.08 bits per heavy atom. The lowest BCUT2D eigenvalue weighted by molar-refractivity contribution is -0.121. The maximum absolute atomic E-state index is 12.3.